The Balaban J connectivity index is 1.79. The number of benzene rings is 2. The number of halogens is 1. The van der Waals surface area contributed by atoms with E-state index in [1.807, 2.05) is 36.4 Å². The molecule has 0 spiro atoms. The Morgan fingerprint density at radius 3 is 2.67 bits per heavy atom. The zero-order valence-corrected chi connectivity index (χ0v) is 14.8. The smallest absolute Gasteiger partial charge is 0.262 e. The van der Waals surface area contributed by atoms with E-state index >= 15 is 0 Å². The van der Waals surface area contributed by atoms with Gasteiger partial charge in [0.15, 0.2) is 5.82 Å². The van der Waals surface area contributed by atoms with Crippen molar-refractivity contribution in [1.82, 2.24) is 9.61 Å². The number of hydrogen-bond donors (Lipinski definition) is 1. The maximum absolute atomic E-state index is 12.8. The second-order valence-corrected chi connectivity index (χ2v) is 7.90. The molecule has 2 heterocycles. The first kappa shape index (κ1) is 15.2. The monoisotopic (exact) mass is 401 g/mol. The van der Waals surface area contributed by atoms with E-state index in [1.165, 1.54) is 0 Å². The van der Waals surface area contributed by atoms with Crippen LogP contribution < -0.4 is 4.72 Å². The lowest BCUT2D eigenvalue weighted by Gasteiger charge is -2.08. The van der Waals surface area contributed by atoms with Crippen molar-refractivity contribution in [2.75, 3.05) is 4.72 Å². The Kier molecular flexibility index (Phi) is 3.54. The van der Waals surface area contributed by atoms with Crippen molar-refractivity contribution in [3.8, 4) is 0 Å². The van der Waals surface area contributed by atoms with E-state index in [2.05, 4.69) is 25.8 Å². The molecule has 4 rings (SSSR count). The number of nitrogens with one attached hydrogen (secondary N) is 1. The van der Waals surface area contributed by atoms with Crippen molar-refractivity contribution in [1.29, 1.82) is 0 Å². The number of rotatable bonds is 3. The molecule has 1 N–H and O–H groups in total. The topological polar surface area (TPSA) is 63.5 Å². The number of sulfonamides is 1. The largest absolute Gasteiger partial charge is 0.263 e. The fourth-order valence-corrected chi connectivity index (χ4v) is 4.18. The van der Waals surface area contributed by atoms with Crippen molar-refractivity contribution in [2.24, 2.45) is 0 Å². The molecule has 4 aromatic rings. The van der Waals surface area contributed by atoms with Gasteiger partial charge in [-0.05, 0) is 39.5 Å². The quantitative estimate of drug-likeness (QED) is 0.563. The SMILES string of the molecule is O=S(=O)(Nc1cc2ccc(Br)cn2n1)c1cccc2ccccc12. The van der Waals surface area contributed by atoms with Crippen molar-refractivity contribution < 1.29 is 8.42 Å². The van der Waals surface area contributed by atoms with E-state index in [0.717, 1.165) is 15.4 Å². The molecule has 0 atom stereocenters. The predicted molar refractivity (Wildman–Crippen MR) is 97.6 cm³/mol. The molecule has 0 amide bonds. The highest BCUT2D eigenvalue weighted by atomic mass is 79.9. The first-order chi connectivity index (χ1) is 11.5. The molecule has 120 valence electrons. The molecule has 7 heteroatoms. The van der Waals surface area contributed by atoms with Gasteiger partial charge in [0.2, 0.25) is 0 Å². The van der Waals surface area contributed by atoms with Gasteiger partial charge in [0, 0.05) is 22.1 Å². The summed E-state index contributed by atoms with van der Waals surface area (Å²) in [5, 5.41) is 5.81. The summed E-state index contributed by atoms with van der Waals surface area (Å²) < 4.78 is 30.6. The number of hydrogen-bond acceptors (Lipinski definition) is 3. The van der Waals surface area contributed by atoms with Gasteiger partial charge in [0.05, 0.1) is 10.4 Å². The van der Waals surface area contributed by atoms with E-state index in [-0.39, 0.29) is 10.7 Å². The van der Waals surface area contributed by atoms with Crippen LogP contribution >= 0.6 is 15.9 Å². The molecule has 0 saturated carbocycles. The van der Waals surface area contributed by atoms with Gasteiger partial charge >= 0.3 is 0 Å². The normalized spacial score (nSPS) is 11.9. The van der Waals surface area contributed by atoms with Crippen LogP contribution in [0.4, 0.5) is 5.82 Å². The molecule has 0 fully saturated rings. The fourth-order valence-electron chi connectivity index (χ4n) is 2.63. The molecule has 24 heavy (non-hydrogen) atoms. The van der Waals surface area contributed by atoms with Crippen molar-refractivity contribution in [3.05, 3.63) is 71.3 Å². The second kappa shape index (κ2) is 5.61. The molecule has 0 aliphatic carbocycles. The number of pyridine rings is 1. The average Bonchev–Trinajstić information content (AvgIpc) is 2.94. The van der Waals surface area contributed by atoms with E-state index in [0.29, 0.717) is 5.39 Å². The summed E-state index contributed by atoms with van der Waals surface area (Å²) in [6.07, 6.45) is 1.77. The molecule has 2 aromatic heterocycles. The standard InChI is InChI=1S/C17H12BrN3O2S/c18-13-8-9-14-10-17(19-21(14)11-13)20-24(22,23)16-7-3-5-12-4-1-2-6-15(12)16/h1-11H,(H,19,20). The number of nitrogens with zero attached hydrogens (tertiary/aromatic N) is 2. The number of aromatic nitrogens is 2. The molecule has 0 aliphatic heterocycles. The molecule has 2 aromatic carbocycles. The molecule has 0 saturated heterocycles. The van der Waals surface area contributed by atoms with Gasteiger partial charge in [-0.25, -0.2) is 12.9 Å². The predicted octanol–water partition coefficient (Wildman–Crippen LogP) is 4.05. The van der Waals surface area contributed by atoms with Gasteiger partial charge < -0.3 is 0 Å². The third-order valence-corrected chi connectivity index (χ3v) is 5.58. The van der Waals surface area contributed by atoms with Gasteiger partial charge in [-0.1, -0.05) is 36.4 Å². The lowest BCUT2D eigenvalue weighted by molar-refractivity contribution is 0.602. The second-order valence-electron chi connectivity index (χ2n) is 5.33. The van der Waals surface area contributed by atoms with E-state index in [9.17, 15) is 8.42 Å². The first-order valence-corrected chi connectivity index (χ1v) is 9.46. The van der Waals surface area contributed by atoms with E-state index in [1.54, 1.807) is 35.0 Å². The maximum Gasteiger partial charge on any atom is 0.263 e. The van der Waals surface area contributed by atoms with Crippen molar-refractivity contribution in [2.45, 2.75) is 4.90 Å². The minimum atomic E-state index is -3.74. The molecule has 0 bridgehead atoms. The molecule has 5 nitrogen and oxygen atoms in total. The summed E-state index contributed by atoms with van der Waals surface area (Å²) in [7, 11) is -3.74. The third-order valence-electron chi connectivity index (χ3n) is 3.70. The Labute approximate surface area is 147 Å². The van der Waals surface area contributed by atoms with Crippen LogP contribution in [0.2, 0.25) is 0 Å². The van der Waals surface area contributed by atoms with Gasteiger partial charge in [-0.3, -0.25) is 4.72 Å². The summed E-state index contributed by atoms with van der Waals surface area (Å²) in [5.74, 6) is 0.279. The average molecular weight is 402 g/mol. The highest BCUT2D eigenvalue weighted by molar-refractivity contribution is 9.10. The Bertz CT molecular complexity index is 1160. The maximum atomic E-state index is 12.8. The minimum Gasteiger partial charge on any atom is -0.262 e. The van der Waals surface area contributed by atoms with Crippen LogP contribution in [0.3, 0.4) is 0 Å². The zero-order chi connectivity index (χ0) is 16.7. The minimum absolute atomic E-state index is 0.235. The van der Waals surface area contributed by atoms with Crippen LogP contribution in [0.25, 0.3) is 16.3 Å². The van der Waals surface area contributed by atoms with E-state index < -0.39 is 10.0 Å². The summed E-state index contributed by atoms with van der Waals surface area (Å²) in [6, 6.07) is 18.0. The molecule has 0 aliphatic rings. The van der Waals surface area contributed by atoms with Crippen LogP contribution in [0.5, 0.6) is 0 Å². The lowest BCUT2D eigenvalue weighted by atomic mass is 10.1. The van der Waals surface area contributed by atoms with Crippen LogP contribution in [0.1, 0.15) is 0 Å². The highest BCUT2D eigenvalue weighted by Crippen LogP contribution is 2.25. The van der Waals surface area contributed by atoms with Gasteiger partial charge in [0.1, 0.15) is 0 Å². The van der Waals surface area contributed by atoms with E-state index in [4.69, 9.17) is 0 Å². The summed E-state index contributed by atoms with van der Waals surface area (Å²) in [4.78, 5) is 0.235. The number of anilines is 1. The summed E-state index contributed by atoms with van der Waals surface area (Å²) in [5.41, 5.74) is 0.800. The van der Waals surface area contributed by atoms with Crippen molar-refractivity contribution in [3.63, 3.8) is 0 Å². The van der Waals surface area contributed by atoms with Crippen LogP contribution in [-0.2, 0) is 10.0 Å². The molecule has 0 unspecified atom stereocenters. The fraction of sp³-hybridized carbons (Fsp3) is 0. The van der Waals surface area contributed by atoms with Crippen LogP contribution in [-0.4, -0.2) is 18.0 Å². The molecular weight excluding hydrogens is 390 g/mol. The number of fused-ring (bicyclic) bond motifs is 2. The first-order valence-electron chi connectivity index (χ1n) is 7.18. The molecule has 0 radical (unpaired) electrons. The Morgan fingerprint density at radius 1 is 1.00 bits per heavy atom. The lowest BCUT2D eigenvalue weighted by Crippen LogP contribution is -2.13. The summed E-state index contributed by atoms with van der Waals surface area (Å²) >= 11 is 3.37. The third kappa shape index (κ3) is 2.65. The Hall–Kier alpha value is -2.38. The van der Waals surface area contributed by atoms with Crippen molar-refractivity contribution >= 4 is 48.1 Å². The van der Waals surface area contributed by atoms with Gasteiger partial charge in [-0.2, -0.15) is 0 Å². The molecular formula is C17H12BrN3O2S. The highest BCUT2D eigenvalue weighted by Gasteiger charge is 2.18. The van der Waals surface area contributed by atoms with Gasteiger partial charge in [-0.15, -0.1) is 5.10 Å². The zero-order valence-electron chi connectivity index (χ0n) is 12.3. The van der Waals surface area contributed by atoms with Gasteiger partial charge in [0.25, 0.3) is 10.0 Å². The van der Waals surface area contributed by atoms with Crippen LogP contribution in [0.15, 0.2) is 76.2 Å². The Morgan fingerprint density at radius 2 is 1.79 bits per heavy atom. The van der Waals surface area contributed by atoms with Crippen LogP contribution in [0, 0.1) is 0 Å². The summed E-state index contributed by atoms with van der Waals surface area (Å²) in [6.45, 7) is 0.